The Labute approximate surface area is 106 Å². The second kappa shape index (κ2) is 4.92. The van der Waals surface area contributed by atoms with Gasteiger partial charge in [0.1, 0.15) is 17.1 Å². The lowest BCUT2D eigenvalue weighted by Gasteiger charge is -2.10. The predicted octanol–water partition coefficient (Wildman–Crippen LogP) is 3.79. The van der Waals surface area contributed by atoms with E-state index in [0.29, 0.717) is 11.5 Å². The molecule has 0 aliphatic carbocycles. The van der Waals surface area contributed by atoms with E-state index in [1.54, 1.807) is 18.2 Å². The first-order chi connectivity index (χ1) is 8.58. The van der Waals surface area contributed by atoms with E-state index in [4.69, 9.17) is 9.84 Å². The Bertz CT molecular complexity index is 588. The number of rotatable bonds is 3. The third-order valence-corrected chi connectivity index (χ3v) is 2.82. The fourth-order valence-corrected chi connectivity index (χ4v) is 1.64. The Hall–Kier alpha value is -2.29. The second-order valence-electron chi connectivity index (χ2n) is 4.15. The summed E-state index contributed by atoms with van der Waals surface area (Å²) in [4.78, 5) is 11.1. The van der Waals surface area contributed by atoms with Crippen LogP contribution in [0.2, 0.25) is 0 Å². The molecule has 0 heterocycles. The normalized spacial score (nSPS) is 10.1. The SMILES string of the molecule is Cc1ccc(Oc2ccccc2C(=O)O)cc1C. The quantitative estimate of drug-likeness (QED) is 0.890. The maximum absolute atomic E-state index is 11.1. The molecular weight excluding hydrogens is 228 g/mol. The average Bonchev–Trinajstić information content (AvgIpc) is 2.34. The van der Waals surface area contributed by atoms with Crippen LogP contribution in [0.4, 0.5) is 0 Å². The number of carbonyl (C=O) groups is 1. The van der Waals surface area contributed by atoms with Crippen LogP contribution in [-0.4, -0.2) is 11.1 Å². The highest BCUT2D eigenvalue weighted by Crippen LogP contribution is 2.26. The fraction of sp³-hybridized carbons (Fsp3) is 0.133. The van der Waals surface area contributed by atoms with E-state index in [1.165, 1.54) is 11.6 Å². The van der Waals surface area contributed by atoms with E-state index in [1.807, 2.05) is 32.0 Å². The third kappa shape index (κ3) is 2.51. The highest BCUT2D eigenvalue weighted by Gasteiger charge is 2.10. The molecule has 2 aromatic carbocycles. The van der Waals surface area contributed by atoms with Gasteiger partial charge in [-0.3, -0.25) is 0 Å². The van der Waals surface area contributed by atoms with Crippen molar-refractivity contribution >= 4 is 5.97 Å². The molecule has 0 atom stereocenters. The van der Waals surface area contributed by atoms with Gasteiger partial charge in [-0.25, -0.2) is 4.79 Å². The minimum absolute atomic E-state index is 0.163. The van der Waals surface area contributed by atoms with Crippen molar-refractivity contribution < 1.29 is 14.6 Å². The number of hydrogen-bond acceptors (Lipinski definition) is 2. The van der Waals surface area contributed by atoms with Crippen LogP contribution in [0.25, 0.3) is 0 Å². The summed E-state index contributed by atoms with van der Waals surface area (Å²) < 4.78 is 5.63. The molecule has 1 N–H and O–H groups in total. The lowest BCUT2D eigenvalue weighted by Crippen LogP contribution is -1.99. The van der Waals surface area contributed by atoms with Crippen LogP contribution in [0, 0.1) is 13.8 Å². The van der Waals surface area contributed by atoms with Crippen molar-refractivity contribution in [1.29, 1.82) is 0 Å². The second-order valence-corrected chi connectivity index (χ2v) is 4.15. The largest absolute Gasteiger partial charge is 0.478 e. The first kappa shape index (κ1) is 12.2. The van der Waals surface area contributed by atoms with Gasteiger partial charge in [0.05, 0.1) is 0 Å². The molecule has 2 rings (SSSR count). The molecule has 18 heavy (non-hydrogen) atoms. The van der Waals surface area contributed by atoms with E-state index < -0.39 is 5.97 Å². The molecular formula is C15H14O3. The monoisotopic (exact) mass is 242 g/mol. The van der Waals surface area contributed by atoms with E-state index in [9.17, 15) is 4.79 Å². The number of benzene rings is 2. The number of hydrogen-bond donors (Lipinski definition) is 1. The molecule has 0 unspecified atom stereocenters. The summed E-state index contributed by atoms with van der Waals surface area (Å²) in [6.07, 6.45) is 0. The summed E-state index contributed by atoms with van der Waals surface area (Å²) in [6, 6.07) is 12.3. The fourth-order valence-electron chi connectivity index (χ4n) is 1.64. The number of ether oxygens (including phenoxy) is 1. The topological polar surface area (TPSA) is 46.5 Å². The number of carboxylic acids is 1. The molecule has 0 saturated carbocycles. The molecule has 0 aliphatic heterocycles. The summed E-state index contributed by atoms with van der Waals surface area (Å²) in [6.45, 7) is 4.01. The zero-order valence-corrected chi connectivity index (χ0v) is 10.3. The Kier molecular flexibility index (Phi) is 3.33. The van der Waals surface area contributed by atoms with Gasteiger partial charge in [-0.2, -0.15) is 0 Å². The molecule has 0 saturated heterocycles. The maximum Gasteiger partial charge on any atom is 0.339 e. The van der Waals surface area contributed by atoms with Gasteiger partial charge in [-0.15, -0.1) is 0 Å². The van der Waals surface area contributed by atoms with Gasteiger partial charge in [-0.1, -0.05) is 18.2 Å². The van der Waals surface area contributed by atoms with Crippen molar-refractivity contribution in [3.63, 3.8) is 0 Å². The van der Waals surface area contributed by atoms with Crippen LogP contribution < -0.4 is 4.74 Å². The van der Waals surface area contributed by atoms with E-state index in [0.717, 1.165) is 5.56 Å². The van der Waals surface area contributed by atoms with Crippen LogP contribution in [0.1, 0.15) is 21.5 Å². The summed E-state index contributed by atoms with van der Waals surface area (Å²) in [5, 5.41) is 9.06. The average molecular weight is 242 g/mol. The summed E-state index contributed by atoms with van der Waals surface area (Å²) in [7, 11) is 0. The highest BCUT2D eigenvalue weighted by molar-refractivity contribution is 5.90. The molecule has 0 aromatic heterocycles. The minimum atomic E-state index is -0.991. The van der Waals surface area contributed by atoms with Crippen molar-refractivity contribution in [2.24, 2.45) is 0 Å². The van der Waals surface area contributed by atoms with Gasteiger partial charge in [0.15, 0.2) is 0 Å². The van der Waals surface area contributed by atoms with E-state index in [-0.39, 0.29) is 5.56 Å². The predicted molar refractivity (Wildman–Crippen MR) is 69.4 cm³/mol. The van der Waals surface area contributed by atoms with Crippen LogP contribution in [0.15, 0.2) is 42.5 Å². The zero-order chi connectivity index (χ0) is 13.1. The van der Waals surface area contributed by atoms with Crippen molar-refractivity contribution in [2.75, 3.05) is 0 Å². The van der Waals surface area contributed by atoms with Crippen molar-refractivity contribution in [3.8, 4) is 11.5 Å². The van der Waals surface area contributed by atoms with Crippen LogP contribution >= 0.6 is 0 Å². The van der Waals surface area contributed by atoms with Gasteiger partial charge < -0.3 is 9.84 Å². The number of para-hydroxylation sites is 1. The molecule has 0 radical (unpaired) electrons. The van der Waals surface area contributed by atoms with Crippen LogP contribution in [0.3, 0.4) is 0 Å². The molecule has 0 bridgehead atoms. The molecule has 3 heteroatoms. The zero-order valence-electron chi connectivity index (χ0n) is 10.3. The molecule has 0 spiro atoms. The van der Waals surface area contributed by atoms with Gasteiger partial charge in [0, 0.05) is 0 Å². The Morgan fingerprint density at radius 2 is 1.78 bits per heavy atom. The Morgan fingerprint density at radius 1 is 1.06 bits per heavy atom. The molecule has 0 fully saturated rings. The van der Waals surface area contributed by atoms with Crippen LogP contribution in [0.5, 0.6) is 11.5 Å². The summed E-state index contributed by atoms with van der Waals surface area (Å²) in [5.74, 6) is 0.00878. The highest BCUT2D eigenvalue weighted by atomic mass is 16.5. The molecule has 0 aliphatic rings. The third-order valence-electron chi connectivity index (χ3n) is 2.82. The Morgan fingerprint density at radius 3 is 2.44 bits per heavy atom. The van der Waals surface area contributed by atoms with E-state index in [2.05, 4.69) is 0 Å². The first-order valence-corrected chi connectivity index (χ1v) is 5.65. The standard InChI is InChI=1S/C15H14O3/c1-10-7-8-12(9-11(10)2)18-14-6-4-3-5-13(14)15(16)17/h3-9H,1-2H3,(H,16,17). The summed E-state index contributed by atoms with van der Waals surface area (Å²) >= 11 is 0. The summed E-state index contributed by atoms with van der Waals surface area (Å²) in [5.41, 5.74) is 2.45. The van der Waals surface area contributed by atoms with Gasteiger partial charge >= 0.3 is 5.97 Å². The van der Waals surface area contributed by atoms with Gasteiger partial charge in [0.25, 0.3) is 0 Å². The van der Waals surface area contributed by atoms with Crippen LogP contribution in [-0.2, 0) is 0 Å². The van der Waals surface area contributed by atoms with Crippen molar-refractivity contribution in [2.45, 2.75) is 13.8 Å². The van der Waals surface area contributed by atoms with Gasteiger partial charge in [-0.05, 0) is 49.2 Å². The minimum Gasteiger partial charge on any atom is -0.478 e. The lowest BCUT2D eigenvalue weighted by molar-refractivity contribution is 0.0694. The number of aromatic carboxylic acids is 1. The smallest absolute Gasteiger partial charge is 0.339 e. The van der Waals surface area contributed by atoms with Crippen molar-refractivity contribution in [1.82, 2.24) is 0 Å². The molecule has 0 amide bonds. The van der Waals surface area contributed by atoms with E-state index >= 15 is 0 Å². The van der Waals surface area contributed by atoms with Crippen molar-refractivity contribution in [3.05, 3.63) is 59.2 Å². The Balaban J connectivity index is 2.34. The number of aryl methyl sites for hydroxylation is 2. The maximum atomic E-state index is 11.1. The number of carboxylic acid groups (broad SMARTS) is 1. The first-order valence-electron chi connectivity index (χ1n) is 5.65. The molecule has 92 valence electrons. The lowest BCUT2D eigenvalue weighted by atomic mass is 10.1. The molecule has 2 aromatic rings. The molecule has 3 nitrogen and oxygen atoms in total. The van der Waals surface area contributed by atoms with Gasteiger partial charge in [0.2, 0.25) is 0 Å².